The molecule has 2 N–H and O–H groups in total. The Balaban J connectivity index is 2.39. The average Bonchev–Trinajstić information content (AvgIpc) is 2.22. The number of hydrogen-bond acceptors (Lipinski definition) is 2. The van der Waals surface area contributed by atoms with Gasteiger partial charge in [-0.1, -0.05) is 27.7 Å². The van der Waals surface area contributed by atoms with Crippen LogP contribution >= 0.6 is 0 Å². The van der Waals surface area contributed by atoms with Crippen molar-refractivity contribution in [1.29, 1.82) is 0 Å². The predicted octanol–water partition coefficient (Wildman–Crippen LogP) is 2.63. The molecule has 0 atom stereocenters. The quantitative estimate of drug-likeness (QED) is 0.733. The highest BCUT2D eigenvalue weighted by molar-refractivity contribution is 4.97. The molecule has 1 aliphatic heterocycles. The van der Waals surface area contributed by atoms with Gasteiger partial charge in [0.25, 0.3) is 0 Å². The first kappa shape index (κ1) is 13.0. The molecule has 1 fully saturated rings. The van der Waals surface area contributed by atoms with E-state index in [1.165, 1.54) is 25.9 Å². The lowest BCUT2D eigenvalue weighted by Crippen LogP contribution is -2.61. The molecule has 90 valence electrons. The Morgan fingerprint density at radius 1 is 1.07 bits per heavy atom. The molecule has 0 radical (unpaired) electrons. The molecule has 0 saturated carbocycles. The fourth-order valence-electron chi connectivity index (χ4n) is 2.63. The molecule has 0 aromatic carbocycles. The Bertz CT molecular complexity index is 185. The van der Waals surface area contributed by atoms with Crippen molar-refractivity contribution < 1.29 is 0 Å². The summed E-state index contributed by atoms with van der Waals surface area (Å²) in [7, 11) is 0. The van der Waals surface area contributed by atoms with Crippen LogP contribution in [0, 0.1) is 5.41 Å². The summed E-state index contributed by atoms with van der Waals surface area (Å²) in [6.07, 6.45) is 4.81. The maximum atomic E-state index is 6.34. The molecule has 0 aliphatic carbocycles. The monoisotopic (exact) mass is 212 g/mol. The zero-order valence-electron chi connectivity index (χ0n) is 11.0. The third kappa shape index (κ3) is 2.73. The van der Waals surface area contributed by atoms with Gasteiger partial charge < -0.3 is 10.6 Å². The molecule has 0 spiro atoms. The van der Waals surface area contributed by atoms with Crippen LogP contribution in [0.15, 0.2) is 0 Å². The summed E-state index contributed by atoms with van der Waals surface area (Å²) in [6.45, 7) is 12.7. The maximum Gasteiger partial charge on any atom is 0.0278 e. The van der Waals surface area contributed by atoms with Crippen LogP contribution in [0.5, 0.6) is 0 Å². The van der Waals surface area contributed by atoms with Gasteiger partial charge in [0.05, 0.1) is 0 Å². The van der Waals surface area contributed by atoms with Gasteiger partial charge in [-0.3, -0.25) is 0 Å². The molecule has 0 aromatic rings. The van der Waals surface area contributed by atoms with Crippen LogP contribution in [-0.2, 0) is 0 Å². The van der Waals surface area contributed by atoms with Gasteiger partial charge in [0.1, 0.15) is 0 Å². The fraction of sp³-hybridized carbons (Fsp3) is 1.00. The van der Waals surface area contributed by atoms with Crippen LogP contribution in [-0.4, -0.2) is 30.1 Å². The normalized spacial score (nSPS) is 21.4. The molecule has 2 nitrogen and oxygen atoms in total. The van der Waals surface area contributed by atoms with Crippen LogP contribution < -0.4 is 5.73 Å². The predicted molar refractivity (Wildman–Crippen MR) is 67.0 cm³/mol. The first-order chi connectivity index (χ1) is 7.03. The maximum absolute atomic E-state index is 6.34. The van der Waals surface area contributed by atoms with Crippen molar-refractivity contribution in [3.8, 4) is 0 Å². The summed E-state index contributed by atoms with van der Waals surface area (Å²) < 4.78 is 0. The van der Waals surface area contributed by atoms with Crippen LogP contribution in [0.3, 0.4) is 0 Å². The number of hydrogen-bond donors (Lipinski definition) is 1. The highest BCUT2D eigenvalue weighted by Gasteiger charge is 2.41. The molecule has 0 amide bonds. The van der Waals surface area contributed by atoms with E-state index in [1.54, 1.807) is 0 Å². The van der Waals surface area contributed by atoms with Crippen molar-refractivity contribution in [3.63, 3.8) is 0 Å². The van der Waals surface area contributed by atoms with Gasteiger partial charge >= 0.3 is 0 Å². The summed E-state index contributed by atoms with van der Waals surface area (Å²) in [4.78, 5) is 2.54. The van der Waals surface area contributed by atoms with Crippen LogP contribution in [0.2, 0.25) is 0 Å². The van der Waals surface area contributed by atoms with Gasteiger partial charge in [0.15, 0.2) is 0 Å². The lowest BCUT2D eigenvalue weighted by atomic mass is 9.74. The molecule has 0 unspecified atom stereocenters. The van der Waals surface area contributed by atoms with Crippen LogP contribution in [0.25, 0.3) is 0 Å². The van der Waals surface area contributed by atoms with Gasteiger partial charge in [-0.25, -0.2) is 0 Å². The van der Waals surface area contributed by atoms with Gasteiger partial charge in [0, 0.05) is 25.2 Å². The van der Waals surface area contributed by atoms with E-state index in [-0.39, 0.29) is 5.54 Å². The number of nitrogens with zero attached hydrogens (tertiary/aromatic N) is 1. The van der Waals surface area contributed by atoms with E-state index in [2.05, 4.69) is 32.6 Å². The molecule has 15 heavy (non-hydrogen) atoms. The summed E-state index contributed by atoms with van der Waals surface area (Å²) >= 11 is 0. The standard InChI is InChI=1S/C13H28N2/c1-5-12(6-2)9-15(10-12)11-13(14,7-3)8-4/h5-11,14H2,1-4H3. The number of rotatable bonds is 6. The Kier molecular flexibility index (Phi) is 4.19. The molecule has 1 saturated heterocycles. The highest BCUT2D eigenvalue weighted by atomic mass is 15.2. The molecule has 2 heteroatoms. The van der Waals surface area contributed by atoms with Crippen molar-refractivity contribution >= 4 is 0 Å². The second-order valence-electron chi connectivity index (χ2n) is 5.42. The second-order valence-corrected chi connectivity index (χ2v) is 5.42. The topological polar surface area (TPSA) is 29.3 Å². The van der Waals surface area contributed by atoms with E-state index in [9.17, 15) is 0 Å². The molecule has 1 heterocycles. The Morgan fingerprint density at radius 2 is 1.53 bits per heavy atom. The fourth-order valence-corrected chi connectivity index (χ4v) is 2.63. The Labute approximate surface area is 95.2 Å². The van der Waals surface area contributed by atoms with Gasteiger partial charge in [0.2, 0.25) is 0 Å². The largest absolute Gasteiger partial charge is 0.324 e. The highest BCUT2D eigenvalue weighted by Crippen LogP contribution is 2.37. The van der Waals surface area contributed by atoms with Gasteiger partial charge in [-0.05, 0) is 31.1 Å². The van der Waals surface area contributed by atoms with Crippen molar-refractivity contribution in [2.24, 2.45) is 11.1 Å². The third-order valence-corrected chi connectivity index (χ3v) is 4.56. The van der Waals surface area contributed by atoms with Crippen molar-refractivity contribution in [3.05, 3.63) is 0 Å². The minimum Gasteiger partial charge on any atom is -0.324 e. The van der Waals surface area contributed by atoms with Gasteiger partial charge in [-0.2, -0.15) is 0 Å². The van der Waals surface area contributed by atoms with Gasteiger partial charge in [-0.15, -0.1) is 0 Å². The summed E-state index contributed by atoms with van der Waals surface area (Å²) in [5.74, 6) is 0. The lowest BCUT2D eigenvalue weighted by Gasteiger charge is -2.52. The summed E-state index contributed by atoms with van der Waals surface area (Å²) in [5, 5.41) is 0. The minimum atomic E-state index is 0.0492. The average molecular weight is 212 g/mol. The Hall–Kier alpha value is -0.0800. The molecule has 0 aromatic heterocycles. The summed E-state index contributed by atoms with van der Waals surface area (Å²) in [5.41, 5.74) is 7.00. The van der Waals surface area contributed by atoms with Crippen molar-refractivity contribution in [2.75, 3.05) is 19.6 Å². The lowest BCUT2D eigenvalue weighted by molar-refractivity contribution is -0.0209. The smallest absolute Gasteiger partial charge is 0.0278 e. The number of nitrogens with two attached hydrogens (primary N) is 1. The molecular weight excluding hydrogens is 184 g/mol. The van der Waals surface area contributed by atoms with E-state index in [0.717, 1.165) is 19.4 Å². The molecule has 1 rings (SSSR count). The zero-order valence-corrected chi connectivity index (χ0v) is 11.0. The van der Waals surface area contributed by atoms with Crippen molar-refractivity contribution in [2.45, 2.75) is 58.9 Å². The molecule has 0 bridgehead atoms. The first-order valence-electron chi connectivity index (χ1n) is 6.54. The third-order valence-electron chi connectivity index (χ3n) is 4.56. The van der Waals surface area contributed by atoms with Crippen LogP contribution in [0.4, 0.5) is 0 Å². The minimum absolute atomic E-state index is 0.0492. The second kappa shape index (κ2) is 4.84. The molecular formula is C13H28N2. The number of likely N-dealkylation sites (tertiary alicyclic amines) is 1. The van der Waals surface area contributed by atoms with E-state index < -0.39 is 0 Å². The molecule has 1 aliphatic rings. The summed E-state index contributed by atoms with van der Waals surface area (Å²) in [6, 6.07) is 0. The first-order valence-corrected chi connectivity index (χ1v) is 6.54. The van der Waals surface area contributed by atoms with Crippen LogP contribution in [0.1, 0.15) is 53.4 Å². The van der Waals surface area contributed by atoms with E-state index in [1.807, 2.05) is 0 Å². The van der Waals surface area contributed by atoms with E-state index in [0.29, 0.717) is 5.41 Å². The van der Waals surface area contributed by atoms with E-state index in [4.69, 9.17) is 5.73 Å². The SMILES string of the molecule is CCC(N)(CC)CN1CC(CC)(CC)C1. The Morgan fingerprint density at radius 3 is 1.87 bits per heavy atom. The van der Waals surface area contributed by atoms with E-state index >= 15 is 0 Å². The van der Waals surface area contributed by atoms with Crippen molar-refractivity contribution in [1.82, 2.24) is 4.90 Å². The zero-order chi connectivity index (χ0) is 11.5.